The average molecular weight is 278 g/mol. The molecule has 3 N–H and O–H groups in total. The van der Waals surface area contributed by atoms with E-state index >= 15 is 0 Å². The largest absolute Gasteiger partial charge is 0.381 e. The molecule has 1 aliphatic carbocycles. The van der Waals surface area contributed by atoms with Gasteiger partial charge in [-0.3, -0.25) is 4.79 Å². The maximum absolute atomic E-state index is 12.1. The molecule has 5 heteroatoms. The van der Waals surface area contributed by atoms with Crippen molar-refractivity contribution in [1.82, 2.24) is 5.32 Å². The number of amides is 1. The Morgan fingerprint density at radius 1 is 1.58 bits per heavy atom. The highest BCUT2D eigenvalue weighted by Crippen LogP contribution is 2.22. The van der Waals surface area contributed by atoms with Crippen molar-refractivity contribution in [1.29, 1.82) is 0 Å². The summed E-state index contributed by atoms with van der Waals surface area (Å²) >= 11 is 1.40. The molecule has 1 aromatic heterocycles. The van der Waals surface area contributed by atoms with Crippen LogP contribution in [0.1, 0.15) is 33.8 Å². The van der Waals surface area contributed by atoms with Crippen LogP contribution in [0.2, 0.25) is 0 Å². The number of carbonyl (C=O) groups is 1. The molecule has 102 valence electrons. The maximum Gasteiger partial charge on any atom is 0.261 e. The van der Waals surface area contributed by atoms with Crippen molar-refractivity contribution < 1.29 is 9.53 Å². The van der Waals surface area contributed by atoms with Gasteiger partial charge in [0.15, 0.2) is 0 Å². The number of nitrogens with two attached hydrogens (primary N) is 1. The first-order valence-electron chi connectivity index (χ1n) is 6.35. The van der Waals surface area contributed by atoms with Crippen molar-refractivity contribution in [3.8, 4) is 11.8 Å². The van der Waals surface area contributed by atoms with Gasteiger partial charge in [0, 0.05) is 13.2 Å². The summed E-state index contributed by atoms with van der Waals surface area (Å²) in [6, 6.07) is 3.89. The van der Waals surface area contributed by atoms with Crippen molar-refractivity contribution >= 4 is 17.2 Å². The Morgan fingerprint density at radius 2 is 2.42 bits per heavy atom. The molecule has 1 heterocycles. The first-order chi connectivity index (χ1) is 9.22. The number of thiophene rings is 1. The van der Waals surface area contributed by atoms with Crippen LogP contribution in [0.3, 0.4) is 0 Å². The van der Waals surface area contributed by atoms with E-state index in [0.717, 1.165) is 24.1 Å². The van der Waals surface area contributed by atoms with E-state index in [2.05, 4.69) is 17.2 Å². The third-order valence-electron chi connectivity index (χ3n) is 3.20. The van der Waals surface area contributed by atoms with E-state index in [0.29, 0.717) is 11.4 Å². The molecule has 1 amide bonds. The molecule has 0 saturated heterocycles. The van der Waals surface area contributed by atoms with Crippen LogP contribution in [-0.2, 0) is 4.74 Å². The van der Waals surface area contributed by atoms with Gasteiger partial charge < -0.3 is 15.8 Å². The zero-order valence-corrected chi connectivity index (χ0v) is 11.8. The lowest BCUT2D eigenvalue weighted by molar-refractivity contribution is 0.0918. The maximum atomic E-state index is 12.1. The minimum absolute atomic E-state index is 0.0208. The number of nitrogens with one attached hydrogen (secondary N) is 1. The smallest absolute Gasteiger partial charge is 0.261 e. The molecule has 0 spiro atoms. The highest BCUT2D eigenvalue weighted by atomic mass is 32.1. The summed E-state index contributed by atoms with van der Waals surface area (Å²) in [6.45, 7) is 0.333. The normalized spacial score (nSPS) is 21.8. The molecule has 1 fully saturated rings. The first-order valence-corrected chi connectivity index (χ1v) is 7.17. The fourth-order valence-corrected chi connectivity index (χ4v) is 2.99. The molecule has 2 atom stereocenters. The lowest BCUT2D eigenvalue weighted by Gasteiger charge is -2.11. The number of carbonyl (C=O) groups excluding carboxylic acids is 1. The van der Waals surface area contributed by atoms with Gasteiger partial charge in [-0.15, -0.1) is 11.3 Å². The zero-order chi connectivity index (χ0) is 13.7. The van der Waals surface area contributed by atoms with Gasteiger partial charge in [0.05, 0.1) is 22.4 Å². The van der Waals surface area contributed by atoms with E-state index in [1.54, 1.807) is 7.11 Å². The third-order valence-corrected chi connectivity index (χ3v) is 4.20. The first kappa shape index (κ1) is 14.1. The molecule has 0 bridgehead atoms. The summed E-state index contributed by atoms with van der Waals surface area (Å²) in [5, 5.41) is 3.05. The predicted octanol–water partition coefficient (Wildman–Crippen LogP) is 1.36. The second-order valence-electron chi connectivity index (χ2n) is 4.51. The fourth-order valence-electron chi connectivity index (χ4n) is 2.21. The number of ether oxygens (including phenoxy) is 1. The van der Waals surface area contributed by atoms with Crippen molar-refractivity contribution in [2.75, 3.05) is 13.7 Å². The van der Waals surface area contributed by atoms with Crippen LogP contribution in [0.4, 0.5) is 0 Å². The molecular formula is C14H18N2O2S. The topological polar surface area (TPSA) is 64.3 Å². The third kappa shape index (κ3) is 3.80. The van der Waals surface area contributed by atoms with Gasteiger partial charge in [-0.2, -0.15) is 0 Å². The molecule has 2 rings (SSSR count). The molecule has 2 unspecified atom stereocenters. The molecule has 19 heavy (non-hydrogen) atoms. The highest BCUT2D eigenvalue weighted by Gasteiger charge is 2.26. The van der Waals surface area contributed by atoms with Crippen LogP contribution < -0.4 is 11.1 Å². The van der Waals surface area contributed by atoms with Crippen LogP contribution >= 0.6 is 11.3 Å². The molecular weight excluding hydrogens is 260 g/mol. The van der Waals surface area contributed by atoms with Gasteiger partial charge in [-0.05, 0) is 31.4 Å². The average Bonchev–Trinajstić information content (AvgIpc) is 3.04. The number of hydrogen-bond donors (Lipinski definition) is 2. The molecule has 0 aromatic carbocycles. The highest BCUT2D eigenvalue weighted by molar-refractivity contribution is 7.14. The number of hydrogen-bond acceptors (Lipinski definition) is 4. The van der Waals surface area contributed by atoms with Crippen LogP contribution in [0.5, 0.6) is 0 Å². The van der Waals surface area contributed by atoms with Crippen LogP contribution in [0.15, 0.2) is 12.1 Å². The Kier molecular flexibility index (Phi) is 4.97. The predicted molar refractivity (Wildman–Crippen MR) is 76.2 cm³/mol. The van der Waals surface area contributed by atoms with Crippen molar-refractivity contribution in [3.63, 3.8) is 0 Å². The molecule has 1 aromatic rings. The summed E-state index contributed by atoms with van der Waals surface area (Å²) in [6.07, 6.45) is 3.17. The number of rotatable bonds is 3. The van der Waals surface area contributed by atoms with Crippen molar-refractivity contribution in [2.24, 2.45) is 5.73 Å². The van der Waals surface area contributed by atoms with Gasteiger partial charge in [0.1, 0.15) is 0 Å². The second kappa shape index (κ2) is 6.71. The van der Waals surface area contributed by atoms with E-state index in [1.807, 2.05) is 12.1 Å². The SMILES string of the molecule is COC1CCC(NC(=O)c2ccc(C#CCN)s2)C1. The fraction of sp³-hybridized carbons (Fsp3) is 0.500. The van der Waals surface area contributed by atoms with Crippen LogP contribution in [0.25, 0.3) is 0 Å². The summed E-state index contributed by atoms with van der Waals surface area (Å²) in [7, 11) is 1.72. The monoisotopic (exact) mass is 278 g/mol. The Bertz CT molecular complexity index is 501. The molecule has 1 saturated carbocycles. The van der Waals surface area contributed by atoms with E-state index in [-0.39, 0.29) is 18.1 Å². The van der Waals surface area contributed by atoms with Crippen molar-refractivity contribution in [2.45, 2.75) is 31.4 Å². The lowest BCUT2D eigenvalue weighted by atomic mass is 10.2. The summed E-state index contributed by atoms with van der Waals surface area (Å²) in [5.74, 6) is 5.70. The minimum atomic E-state index is -0.0208. The van der Waals surface area contributed by atoms with E-state index in [4.69, 9.17) is 10.5 Å². The summed E-state index contributed by atoms with van der Waals surface area (Å²) in [4.78, 5) is 13.6. The van der Waals surface area contributed by atoms with Gasteiger partial charge in [-0.25, -0.2) is 0 Å². The summed E-state index contributed by atoms with van der Waals surface area (Å²) < 4.78 is 5.30. The van der Waals surface area contributed by atoms with Gasteiger partial charge >= 0.3 is 0 Å². The van der Waals surface area contributed by atoms with Gasteiger partial charge in [-0.1, -0.05) is 11.8 Å². The van der Waals surface area contributed by atoms with E-state index in [9.17, 15) is 4.79 Å². The second-order valence-corrected chi connectivity index (χ2v) is 5.59. The molecule has 0 aliphatic heterocycles. The van der Waals surface area contributed by atoms with Crippen molar-refractivity contribution in [3.05, 3.63) is 21.9 Å². The van der Waals surface area contributed by atoms with E-state index in [1.165, 1.54) is 11.3 Å². The molecule has 1 aliphatic rings. The summed E-state index contributed by atoms with van der Waals surface area (Å²) in [5.41, 5.74) is 5.32. The Balaban J connectivity index is 1.91. The Hall–Kier alpha value is -1.35. The van der Waals surface area contributed by atoms with Gasteiger partial charge in [0.2, 0.25) is 0 Å². The van der Waals surface area contributed by atoms with Crippen LogP contribution in [-0.4, -0.2) is 31.7 Å². The minimum Gasteiger partial charge on any atom is -0.381 e. The standard InChI is InChI=1S/C14H18N2O2S/c1-18-11-5-4-10(9-11)16-14(17)13-7-6-12(19-13)3-2-8-15/h6-7,10-11H,4-5,8-9,15H2,1H3,(H,16,17). The lowest BCUT2D eigenvalue weighted by Crippen LogP contribution is -2.32. The Morgan fingerprint density at radius 3 is 3.11 bits per heavy atom. The zero-order valence-electron chi connectivity index (χ0n) is 10.9. The molecule has 0 radical (unpaired) electrons. The molecule has 4 nitrogen and oxygen atoms in total. The quantitative estimate of drug-likeness (QED) is 0.820. The van der Waals surface area contributed by atoms with E-state index < -0.39 is 0 Å². The number of methoxy groups -OCH3 is 1. The Labute approximate surface area is 117 Å². The van der Waals surface area contributed by atoms with Crippen LogP contribution in [0, 0.1) is 11.8 Å². The van der Waals surface area contributed by atoms with Gasteiger partial charge in [0.25, 0.3) is 5.91 Å².